The number of hydrogen-bond donors (Lipinski definition) is 3. The van der Waals surface area contributed by atoms with Crippen molar-refractivity contribution in [2.45, 2.75) is 19.8 Å². The fraction of sp³-hybridized carbons (Fsp3) is 0.238. The van der Waals surface area contributed by atoms with Gasteiger partial charge >= 0.3 is 0 Å². The number of nitrogens with two attached hydrogens (primary N) is 2. The van der Waals surface area contributed by atoms with Crippen LogP contribution in [0.3, 0.4) is 0 Å². The van der Waals surface area contributed by atoms with Crippen LogP contribution in [0.1, 0.15) is 18.4 Å². The van der Waals surface area contributed by atoms with Crippen molar-refractivity contribution in [2.75, 3.05) is 16.8 Å². The Morgan fingerprint density at radius 2 is 2.10 bits per heavy atom. The van der Waals surface area contributed by atoms with E-state index in [4.69, 9.17) is 28.3 Å². The van der Waals surface area contributed by atoms with Gasteiger partial charge in [0.1, 0.15) is 5.82 Å². The number of pyridine rings is 2. The third kappa shape index (κ3) is 3.43. The van der Waals surface area contributed by atoms with Gasteiger partial charge in [0, 0.05) is 41.2 Å². The van der Waals surface area contributed by atoms with E-state index < -0.39 is 0 Å². The molecule has 1 aliphatic rings. The number of carbonyl (C=O) groups is 1. The van der Waals surface area contributed by atoms with E-state index in [1.807, 2.05) is 13.0 Å². The highest BCUT2D eigenvalue weighted by Gasteiger charge is 2.42. The first kappa shape index (κ1) is 19.0. The normalized spacial score (nSPS) is 17.7. The molecular weight excluding hydrogens is 388 g/mol. The second-order valence-corrected chi connectivity index (χ2v) is 7.68. The Labute approximate surface area is 172 Å². The SMILES string of the molecule is Cc1c(N)cncc1-c1cc2cc(NC(=O)[C@@H]3C[C@H]3CC#N)ncc2c(N)c1Cl. The summed E-state index contributed by atoms with van der Waals surface area (Å²) in [7, 11) is 0. The minimum Gasteiger partial charge on any atom is -0.397 e. The van der Waals surface area contributed by atoms with Gasteiger partial charge < -0.3 is 16.8 Å². The van der Waals surface area contributed by atoms with Gasteiger partial charge in [0.2, 0.25) is 5.91 Å². The van der Waals surface area contributed by atoms with E-state index in [1.54, 1.807) is 24.7 Å². The third-order valence-corrected chi connectivity index (χ3v) is 5.81. The van der Waals surface area contributed by atoms with Crippen molar-refractivity contribution in [3.8, 4) is 17.2 Å². The molecule has 146 valence electrons. The molecule has 1 aromatic carbocycles. The van der Waals surface area contributed by atoms with E-state index in [9.17, 15) is 4.79 Å². The van der Waals surface area contributed by atoms with Gasteiger partial charge in [0.05, 0.1) is 28.7 Å². The molecule has 29 heavy (non-hydrogen) atoms. The summed E-state index contributed by atoms with van der Waals surface area (Å²) in [5.74, 6) is 0.329. The second kappa shape index (κ2) is 7.22. The van der Waals surface area contributed by atoms with Gasteiger partial charge in [-0.1, -0.05) is 11.6 Å². The first-order valence-electron chi connectivity index (χ1n) is 9.16. The van der Waals surface area contributed by atoms with E-state index in [1.165, 1.54) is 0 Å². The van der Waals surface area contributed by atoms with Crippen molar-refractivity contribution in [1.82, 2.24) is 9.97 Å². The van der Waals surface area contributed by atoms with Crippen LogP contribution in [-0.2, 0) is 4.79 Å². The van der Waals surface area contributed by atoms with Gasteiger partial charge in [0.15, 0.2) is 0 Å². The van der Waals surface area contributed by atoms with Crippen molar-refractivity contribution in [1.29, 1.82) is 5.26 Å². The first-order valence-corrected chi connectivity index (χ1v) is 9.54. The smallest absolute Gasteiger partial charge is 0.228 e. The number of carbonyl (C=O) groups excluding carboxylic acids is 1. The first-order chi connectivity index (χ1) is 13.9. The van der Waals surface area contributed by atoms with Gasteiger partial charge in [0.25, 0.3) is 0 Å². The molecule has 0 bridgehead atoms. The standard InChI is InChI=1S/C21H19ClN6O/c1-10-15(7-26-9-17(10)24)14-5-12-6-18(27-8-16(12)20(25)19(14)22)28-21(29)13-4-11(13)2-3-23/h5-9,11,13H,2,4,24-25H2,1H3,(H,27,28,29)/t11-,13-/m1/s1. The van der Waals surface area contributed by atoms with Crippen molar-refractivity contribution in [3.63, 3.8) is 0 Å². The molecule has 2 atom stereocenters. The third-order valence-electron chi connectivity index (χ3n) is 5.41. The molecule has 0 aliphatic heterocycles. The quantitative estimate of drug-likeness (QED) is 0.563. The minimum absolute atomic E-state index is 0.116. The number of nitrogen functional groups attached to an aromatic ring is 2. The highest BCUT2D eigenvalue weighted by atomic mass is 35.5. The zero-order valence-electron chi connectivity index (χ0n) is 15.7. The lowest BCUT2D eigenvalue weighted by Gasteiger charge is -2.14. The van der Waals surface area contributed by atoms with Crippen LogP contribution < -0.4 is 16.8 Å². The van der Waals surface area contributed by atoms with Crippen molar-refractivity contribution in [2.24, 2.45) is 11.8 Å². The van der Waals surface area contributed by atoms with E-state index in [0.717, 1.165) is 22.9 Å². The van der Waals surface area contributed by atoms with Gasteiger partial charge in [-0.05, 0) is 42.3 Å². The van der Waals surface area contributed by atoms with E-state index in [0.29, 0.717) is 39.6 Å². The molecular formula is C21H19ClN6O. The van der Waals surface area contributed by atoms with Crippen LogP contribution in [0.4, 0.5) is 17.2 Å². The van der Waals surface area contributed by atoms with Crippen LogP contribution in [0.15, 0.2) is 30.7 Å². The number of nitrogens with zero attached hydrogens (tertiary/aromatic N) is 3. The minimum atomic E-state index is -0.126. The molecule has 0 spiro atoms. The number of hydrogen-bond acceptors (Lipinski definition) is 6. The molecule has 0 unspecified atom stereocenters. The predicted molar refractivity (Wildman–Crippen MR) is 114 cm³/mol. The second-order valence-electron chi connectivity index (χ2n) is 7.30. The number of nitrogens with one attached hydrogen (secondary N) is 1. The summed E-state index contributed by atoms with van der Waals surface area (Å²) in [5, 5.41) is 13.5. The molecule has 0 radical (unpaired) electrons. The lowest BCUT2D eigenvalue weighted by molar-refractivity contribution is -0.117. The molecule has 0 saturated heterocycles. The Morgan fingerprint density at radius 1 is 1.31 bits per heavy atom. The number of benzene rings is 1. The lowest BCUT2D eigenvalue weighted by Crippen LogP contribution is -2.15. The number of aromatic nitrogens is 2. The maximum atomic E-state index is 12.4. The molecule has 5 N–H and O–H groups in total. The van der Waals surface area contributed by atoms with Gasteiger partial charge in [-0.25, -0.2) is 4.98 Å². The molecule has 1 fully saturated rings. The Hall–Kier alpha value is -3.37. The molecule has 4 rings (SSSR count). The van der Waals surface area contributed by atoms with Crippen molar-refractivity contribution in [3.05, 3.63) is 41.3 Å². The van der Waals surface area contributed by atoms with Gasteiger partial charge in [-0.15, -0.1) is 0 Å². The number of amides is 1. The molecule has 2 heterocycles. The van der Waals surface area contributed by atoms with Gasteiger partial charge in [-0.2, -0.15) is 5.26 Å². The van der Waals surface area contributed by atoms with Crippen molar-refractivity contribution >= 4 is 45.5 Å². The fourth-order valence-corrected chi connectivity index (χ4v) is 3.76. The Balaban J connectivity index is 1.71. The largest absolute Gasteiger partial charge is 0.397 e. The summed E-state index contributed by atoms with van der Waals surface area (Å²) >= 11 is 6.53. The predicted octanol–water partition coefficient (Wildman–Crippen LogP) is 3.91. The van der Waals surface area contributed by atoms with Crippen molar-refractivity contribution < 1.29 is 4.79 Å². The van der Waals surface area contributed by atoms with Gasteiger partial charge in [-0.3, -0.25) is 9.78 Å². The zero-order chi connectivity index (χ0) is 20.7. The number of rotatable bonds is 4. The van der Waals surface area contributed by atoms with Crippen LogP contribution in [0.5, 0.6) is 0 Å². The number of anilines is 3. The molecule has 1 saturated carbocycles. The Morgan fingerprint density at radius 3 is 2.86 bits per heavy atom. The summed E-state index contributed by atoms with van der Waals surface area (Å²) in [5.41, 5.74) is 15.6. The maximum Gasteiger partial charge on any atom is 0.228 e. The average molecular weight is 407 g/mol. The van der Waals surface area contributed by atoms with Crippen LogP contribution >= 0.6 is 11.6 Å². The van der Waals surface area contributed by atoms with E-state index in [2.05, 4.69) is 21.4 Å². The summed E-state index contributed by atoms with van der Waals surface area (Å²) < 4.78 is 0. The monoisotopic (exact) mass is 406 g/mol. The lowest BCUT2D eigenvalue weighted by atomic mass is 9.98. The summed E-state index contributed by atoms with van der Waals surface area (Å²) in [6.07, 6.45) is 6.02. The topological polar surface area (TPSA) is 131 Å². The molecule has 8 heteroatoms. The molecule has 3 aromatic rings. The molecule has 2 aromatic heterocycles. The maximum absolute atomic E-state index is 12.4. The zero-order valence-corrected chi connectivity index (χ0v) is 16.5. The molecule has 1 aliphatic carbocycles. The molecule has 1 amide bonds. The Kier molecular flexibility index (Phi) is 4.73. The average Bonchev–Trinajstić information content (AvgIpc) is 3.47. The summed E-state index contributed by atoms with van der Waals surface area (Å²) in [6.45, 7) is 1.90. The Bertz CT molecular complexity index is 1190. The van der Waals surface area contributed by atoms with Crippen LogP contribution in [0.25, 0.3) is 21.9 Å². The number of halogens is 1. The van der Waals surface area contributed by atoms with E-state index in [-0.39, 0.29) is 17.7 Å². The summed E-state index contributed by atoms with van der Waals surface area (Å²) in [4.78, 5) is 20.8. The van der Waals surface area contributed by atoms with E-state index >= 15 is 0 Å². The number of nitriles is 1. The van der Waals surface area contributed by atoms with Crippen LogP contribution in [0, 0.1) is 30.1 Å². The highest BCUT2D eigenvalue weighted by molar-refractivity contribution is 6.37. The number of fused-ring (bicyclic) bond motifs is 1. The highest BCUT2D eigenvalue weighted by Crippen LogP contribution is 2.42. The molecule has 7 nitrogen and oxygen atoms in total. The fourth-order valence-electron chi connectivity index (χ4n) is 3.51. The van der Waals surface area contributed by atoms with Crippen LogP contribution in [-0.4, -0.2) is 15.9 Å². The van der Waals surface area contributed by atoms with Crippen LogP contribution in [0.2, 0.25) is 5.02 Å². The summed E-state index contributed by atoms with van der Waals surface area (Å²) in [6, 6.07) is 5.77.